The first-order chi connectivity index (χ1) is 11.2. The smallest absolute Gasteiger partial charge is 0.234 e. The zero-order chi connectivity index (χ0) is 16.5. The second-order valence-electron chi connectivity index (χ2n) is 6.16. The van der Waals surface area contributed by atoms with E-state index in [0.717, 1.165) is 44.8 Å². The Labute approximate surface area is 139 Å². The molecule has 0 saturated carbocycles. The van der Waals surface area contributed by atoms with Gasteiger partial charge in [0.25, 0.3) is 0 Å². The summed E-state index contributed by atoms with van der Waals surface area (Å²) >= 11 is 0. The van der Waals surface area contributed by atoms with Crippen LogP contribution < -0.4 is 10.2 Å². The number of hydrogen-bond acceptors (Lipinski definition) is 4. The number of rotatable bonds is 8. The van der Waals surface area contributed by atoms with Gasteiger partial charge in [0.1, 0.15) is 5.75 Å². The summed E-state index contributed by atoms with van der Waals surface area (Å²) in [7, 11) is 0. The van der Waals surface area contributed by atoms with Crippen molar-refractivity contribution >= 4 is 11.6 Å². The second kappa shape index (κ2) is 9.40. The predicted octanol–water partition coefficient (Wildman–Crippen LogP) is 2.21. The topological polar surface area (TPSA) is 55.8 Å². The molecule has 0 bridgehead atoms. The number of nitrogens with zero attached hydrogens (tertiary/aromatic N) is 2. The standard InChI is InChI=1S/C18H29N3O2/c1-2-3-4-7-10-19-18(23)15-20-11-13-21(14-12-20)16-8-5-6-9-17(16)22/h5-6,8-9,22H,2-4,7,10-15H2,1H3,(H,19,23). The Bertz CT molecular complexity index is 485. The van der Waals surface area contributed by atoms with Crippen LogP contribution in [0.4, 0.5) is 5.69 Å². The number of carbonyl (C=O) groups is 1. The van der Waals surface area contributed by atoms with Crippen molar-refractivity contribution in [2.75, 3.05) is 44.2 Å². The minimum atomic E-state index is 0.123. The molecule has 0 spiro atoms. The lowest BCUT2D eigenvalue weighted by molar-refractivity contribution is -0.122. The van der Waals surface area contributed by atoms with Gasteiger partial charge in [0.05, 0.1) is 12.2 Å². The number of carbonyl (C=O) groups excluding carboxylic acids is 1. The number of piperazine rings is 1. The van der Waals surface area contributed by atoms with Gasteiger partial charge in [-0.25, -0.2) is 0 Å². The van der Waals surface area contributed by atoms with E-state index < -0.39 is 0 Å². The Balaban J connectivity index is 1.66. The fourth-order valence-electron chi connectivity index (χ4n) is 2.92. The molecule has 0 atom stereocenters. The zero-order valence-corrected chi connectivity index (χ0v) is 14.1. The highest BCUT2D eigenvalue weighted by molar-refractivity contribution is 5.78. The van der Waals surface area contributed by atoms with Gasteiger partial charge in [-0.05, 0) is 18.6 Å². The van der Waals surface area contributed by atoms with Crippen LogP contribution in [0.3, 0.4) is 0 Å². The van der Waals surface area contributed by atoms with Crippen molar-refractivity contribution in [3.8, 4) is 5.75 Å². The van der Waals surface area contributed by atoms with E-state index in [1.165, 1.54) is 19.3 Å². The van der Waals surface area contributed by atoms with E-state index in [1.807, 2.05) is 18.2 Å². The first-order valence-electron chi connectivity index (χ1n) is 8.72. The lowest BCUT2D eigenvalue weighted by atomic mass is 10.2. The van der Waals surface area contributed by atoms with Gasteiger partial charge in [0.2, 0.25) is 5.91 Å². The molecule has 1 saturated heterocycles. The summed E-state index contributed by atoms with van der Waals surface area (Å²) in [6, 6.07) is 7.43. The highest BCUT2D eigenvalue weighted by atomic mass is 16.3. The minimum Gasteiger partial charge on any atom is -0.506 e. The predicted molar refractivity (Wildman–Crippen MR) is 93.9 cm³/mol. The van der Waals surface area contributed by atoms with Crippen molar-refractivity contribution < 1.29 is 9.90 Å². The van der Waals surface area contributed by atoms with Crippen molar-refractivity contribution in [1.82, 2.24) is 10.2 Å². The summed E-state index contributed by atoms with van der Waals surface area (Å²) in [4.78, 5) is 16.3. The average molecular weight is 319 g/mol. The van der Waals surface area contributed by atoms with Crippen LogP contribution in [-0.4, -0.2) is 55.2 Å². The van der Waals surface area contributed by atoms with Crippen LogP contribution in [0.25, 0.3) is 0 Å². The first kappa shape index (κ1) is 17.6. The van der Waals surface area contributed by atoms with Gasteiger partial charge < -0.3 is 15.3 Å². The molecule has 1 fully saturated rings. The summed E-state index contributed by atoms with van der Waals surface area (Å²) in [5.74, 6) is 0.447. The first-order valence-corrected chi connectivity index (χ1v) is 8.72. The molecular weight excluding hydrogens is 290 g/mol. The molecule has 1 aliphatic rings. The van der Waals surface area contributed by atoms with E-state index in [-0.39, 0.29) is 5.91 Å². The molecule has 128 valence electrons. The van der Waals surface area contributed by atoms with Gasteiger partial charge in [-0.1, -0.05) is 38.3 Å². The Morgan fingerprint density at radius 2 is 1.87 bits per heavy atom. The highest BCUT2D eigenvalue weighted by Crippen LogP contribution is 2.27. The monoisotopic (exact) mass is 319 g/mol. The molecule has 1 aliphatic heterocycles. The second-order valence-corrected chi connectivity index (χ2v) is 6.16. The van der Waals surface area contributed by atoms with Crippen LogP contribution in [-0.2, 0) is 4.79 Å². The Hall–Kier alpha value is -1.75. The number of phenols is 1. The third-order valence-corrected chi connectivity index (χ3v) is 4.31. The number of benzene rings is 1. The molecule has 1 aromatic rings. The van der Waals surface area contributed by atoms with Crippen molar-refractivity contribution in [3.63, 3.8) is 0 Å². The SMILES string of the molecule is CCCCCCNC(=O)CN1CCN(c2ccccc2O)CC1. The van der Waals surface area contributed by atoms with E-state index in [2.05, 4.69) is 22.0 Å². The lowest BCUT2D eigenvalue weighted by Crippen LogP contribution is -2.49. The van der Waals surface area contributed by atoms with E-state index in [0.29, 0.717) is 12.3 Å². The highest BCUT2D eigenvalue weighted by Gasteiger charge is 2.20. The number of para-hydroxylation sites is 2. The quantitative estimate of drug-likeness (QED) is 0.721. The van der Waals surface area contributed by atoms with Crippen LogP contribution in [0.2, 0.25) is 0 Å². The van der Waals surface area contributed by atoms with Gasteiger partial charge in [-0.2, -0.15) is 0 Å². The number of hydrogen-bond donors (Lipinski definition) is 2. The van der Waals surface area contributed by atoms with Crippen LogP contribution in [0, 0.1) is 0 Å². The zero-order valence-electron chi connectivity index (χ0n) is 14.1. The van der Waals surface area contributed by atoms with E-state index in [4.69, 9.17) is 0 Å². The van der Waals surface area contributed by atoms with Gasteiger partial charge >= 0.3 is 0 Å². The lowest BCUT2D eigenvalue weighted by Gasteiger charge is -2.35. The molecule has 5 heteroatoms. The largest absolute Gasteiger partial charge is 0.506 e. The fourth-order valence-corrected chi connectivity index (χ4v) is 2.92. The van der Waals surface area contributed by atoms with Crippen LogP contribution >= 0.6 is 0 Å². The maximum absolute atomic E-state index is 11.9. The molecule has 1 aromatic carbocycles. The van der Waals surface area contributed by atoms with Crippen LogP contribution in [0.5, 0.6) is 5.75 Å². The molecule has 0 aliphatic carbocycles. The number of aromatic hydroxyl groups is 1. The van der Waals surface area contributed by atoms with Crippen molar-refractivity contribution in [2.24, 2.45) is 0 Å². The molecule has 0 aromatic heterocycles. The molecule has 1 heterocycles. The van der Waals surface area contributed by atoms with Gasteiger partial charge in [0, 0.05) is 32.7 Å². The normalized spacial score (nSPS) is 15.6. The molecule has 2 rings (SSSR count). The molecule has 0 radical (unpaired) electrons. The van der Waals surface area contributed by atoms with E-state index in [9.17, 15) is 9.90 Å². The number of unbranched alkanes of at least 4 members (excludes halogenated alkanes) is 3. The van der Waals surface area contributed by atoms with Crippen LogP contribution in [0.1, 0.15) is 32.6 Å². The Morgan fingerprint density at radius 3 is 2.57 bits per heavy atom. The number of anilines is 1. The van der Waals surface area contributed by atoms with Crippen molar-refractivity contribution in [3.05, 3.63) is 24.3 Å². The number of amides is 1. The minimum absolute atomic E-state index is 0.123. The third kappa shape index (κ3) is 5.75. The molecule has 5 nitrogen and oxygen atoms in total. The molecule has 23 heavy (non-hydrogen) atoms. The summed E-state index contributed by atoms with van der Waals surface area (Å²) in [6.07, 6.45) is 4.72. The summed E-state index contributed by atoms with van der Waals surface area (Å²) in [5, 5.41) is 12.9. The van der Waals surface area contributed by atoms with Gasteiger partial charge in [0.15, 0.2) is 0 Å². The fraction of sp³-hybridized carbons (Fsp3) is 0.611. The molecule has 1 amide bonds. The maximum atomic E-state index is 11.9. The summed E-state index contributed by atoms with van der Waals surface area (Å²) in [5.41, 5.74) is 0.882. The molecule has 0 unspecified atom stereocenters. The van der Waals surface area contributed by atoms with Gasteiger partial charge in [-0.3, -0.25) is 9.69 Å². The number of phenolic OH excluding ortho intramolecular Hbond substituents is 1. The average Bonchev–Trinajstić information content (AvgIpc) is 2.56. The van der Waals surface area contributed by atoms with Gasteiger partial charge in [-0.15, -0.1) is 0 Å². The Morgan fingerprint density at radius 1 is 1.13 bits per heavy atom. The summed E-state index contributed by atoms with van der Waals surface area (Å²) < 4.78 is 0. The Kier molecular flexibility index (Phi) is 7.20. The molecular formula is C18H29N3O2. The third-order valence-electron chi connectivity index (χ3n) is 4.31. The van der Waals surface area contributed by atoms with E-state index in [1.54, 1.807) is 6.07 Å². The number of nitrogens with one attached hydrogen (secondary N) is 1. The van der Waals surface area contributed by atoms with Crippen molar-refractivity contribution in [2.45, 2.75) is 32.6 Å². The van der Waals surface area contributed by atoms with Crippen LogP contribution in [0.15, 0.2) is 24.3 Å². The maximum Gasteiger partial charge on any atom is 0.234 e. The van der Waals surface area contributed by atoms with Crippen molar-refractivity contribution in [1.29, 1.82) is 0 Å². The van der Waals surface area contributed by atoms with E-state index >= 15 is 0 Å². The molecule has 2 N–H and O–H groups in total. The summed E-state index contributed by atoms with van der Waals surface area (Å²) in [6.45, 7) is 6.81.